The molecule has 1 saturated heterocycles. The minimum absolute atomic E-state index is 0.188. The van der Waals surface area contributed by atoms with Crippen LogP contribution in [-0.2, 0) is 14.3 Å². The number of anilines is 1. The van der Waals surface area contributed by atoms with Gasteiger partial charge in [0, 0.05) is 15.7 Å². The lowest BCUT2D eigenvalue weighted by molar-refractivity contribution is -0.122. The van der Waals surface area contributed by atoms with Crippen molar-refractivity contribution in [3.05, 3.63) is 136 Å². The molecule has 0 radical (unpaired) electrons. The van der Waals surface area contributed by atoms with Crippen molar-refractivity contribution in [3.63, 3.8) is 0 Å². The zero-order chi connectivity index (χ0) is 32.4. The Balaban J connectivity index is 1.57. The summed E-state index contributed by atoms with van der Waals surface area (Å²) in [5, 5.41) is 2.33. The molecule has 1 aromatic heterocycles. The van der Waals surface area contributed by atoms with Crippen molar-refractivity contribution in [2.24, 2.45) is 0 Å². The number of esters is 1. The van der Waals surface area contributed by atoms with Gasteiger partial charge in [0.2, 0.25) is 0 Å². The maximum Gasteiger partial charge on any atom is 0.338 e. The number of hydrogen-bond donors (Lipinski definition) is 1. The van der Waals surface area contributed by atoms with E-state index >= 15 is 0 Å². The molecule has 1 fully saturated rings. The molecule has 1 N–H and O–H groups in total. The first-order valence-corrected chi connectivity index (χ1v) is 15.4. The molecule has 2 heterocycles. The van der Waals surface area contributed by atoms with Crippen molar-refractivity contribution in [3.8, 4) is 28.2 Å². The molecule has 0 bridgehead atoms. The SMILES string of the molecule is CCOC(=O)c1ccc(-n2c(-c3ccccc3)cc(/C=C3/C(=O)NC(=O)N(c4ccc(Br)c(C)c4)C3=O)c2-c2ccccc2)cc1. The average molecular weight is 675 g/mol. The molecule has 1 aliphatic heterocycles. The first-order chi connectivity index (χ1) is 22.3. The molecule has 0 saturated carbocycles. The van der Waals surface area contributed by atoms with E-state index in [1.54, 1.807) is 37.3 Å². The van der Waals surface area contributed by atoms with Crippen LogP contribution in [0.5, 0.6) is 0 Å². The number of imide groups is 2. The fourth-order valence-corrected chi connectivity index (χ4v) is 5.64. The third-order valence-corrected chi connectivity index (χ3v) is 8.47. The van der Waals surface area contributed by atoms with Crippen molar-refractivity contribution >= 4 is 51.5 Å². The number of nitrogens with one attached hydrogen (secondary N) is 1. The number of halogens is 1. The van der Waals surface area contributed by atoms with Gasteiger partial charge in [-0.25, -0.2) is 14.5 Å². The summed E-state index contributed by atoms with van der Waals surface area (Å²) in [4.78, 5) is 53.5. The summed E-state index contributed by atoms with van der Waals surface area (Å²) in [6, 6.07) is 32.6. The number of nitrogens with zero attached hydrogens (tertiary/aromatic N) is 2. The van der Waals surface area contributed by atoms with Crippen molar-refractivity contribution in [2.75, 3.05) is 11.5 Å². The molecule has 8 nitrogen and oxygen atoms in total. The van der Waals surface area contributed by atoms with Crippen LogP contribution in [-0.4, -0.2) is 35.0 Å². The molecule has 9 heteroatoms. The van der Waals surface area contributed by atoms with Gasteiger partial charge in [-0.1, -0.05) is 76.6 Å². The van der Waals surface area contributed by atoms with Gasteiger partial charge in [0.1, 0.15) is 5.57 Å². The number of carbonyl (C=O) groups excluding carboxylic acids is 4. The quantitative estimate of drug-likeness (QED) is 0.108. The monoisotopic (exact) mass is 673 g/mol. The molecule has 4 amide bonds. The van der Waals surface area contributed by atoms with Crippen LogP contribution in [0, 0.1) is 6.92 Å². The van der Waals surface area contributed by atoms with Crippen LogP contribution in [0.3, 0.4) is 0 Å². The van der Waals surface area contributed by atoms with E-state index in [2.05, 4.69) is 21.2 Å². The molecule has 228 valence electrons. The zero-order valence-corrected chi connectivity index (χ0v) is 26.6. The van der Waals surface area contributed by atoms with E-state index in [9.17, 15) is 19.2 Å². The van der Waals surface area contributed by atoms with E-state index in [0.29, 0.717) is 22.5 Å². The Bertz CT molecular complexity index is 2020. The highest BCUT2D eigenvalue weighted by Gasteiger charge is 2.37. The fourth-order valence-electron chi connectivity index (χ4n) is 5.40. The molecular formula is C37H28BrN3O5. The van der Waals surface area contributed by atoms with E-state index in [-0.39, 0.29) is 12.2 Å². The highest BCUT2D eigenvalue weighted by Crippen LogP contribution is 2.38. The van der Waals surface area contributed by atoms with Crippen LogP contribution < -0.4 is 10.2 Å². The summed E-state index contributed by atoms with van der Waals surface area (Å²) in [5.74, 6) is -1.94. The molecule has 46 heavy (non-hydrogen) atoms. The molecule has 5 aromatic rings. The lowest BCUT2D eigenvalue weighted by atomic mass is 10.0. The second-order valence-electron chi connectivity index (χ2n) is 10.6. The van der Waals surface area contributed by atoms with Gasteiger partial charge in [-0.15, -0.1) is 0 Å². The number of benzene rings is 4. The van der Waals surface area contributed by atoms with Gasteiger partial charge in [0.05, 0.1) is 29.2 Å². The van der Waals surface area contributed by atoms with Crippen LogP contribution in [0.15, 0.2) is 119 Å². The van der Waals surface area contributed by atoms with Gasteiger partial charge in [0.25, 0.3) is 11.8 Å². The summed E-state index contributed by atoms with van der Waals surface area (Å²) in [6.45, 7) is 3.87. The predicted molar refractivity (Wildman–Crippen MR) is 180 cm³/mol. The van der Waals surface area contributed by atoms with Gasteiger partial charge in [-0.2, -0.15) is 0 Å². The van der Waals surface area contributed by atoms with E-state index in [0.717, 1.165) is 37.4 Å². The van der Waals surface area contributed by atoms with E-state index in [1.807, 2.05) is 90.4 Å². The Morgan fingerprint density at radius 2 is 1.46 bits per heavy atom. The third-order valence-electron chi connectivity index (χ3n) is 7.58. The lowest BCUT2D eigenvalue weighted by Crippen LogP contribution is -2.54. The minimum Gasteiger partial charge on any atom is -0.462 e. The second-order valence-corrected chi connectivity index (χ2v) is 11.4. The number of barbiturate groups is 1. The Labute approximate surface area is 274 Å². The summed E-state index contributed by atoms with van der Waals surface area (Å²) in [7, 11) is 0. The van der Waals surface area contributed by atoms with Crippen molar-refractivity contribution in [1.82, 2.24) is 9.88 Å². The van der Waals surface area contributed by atoms with E-state index in [4.69, 9.17) is 4.74 Å². The van der Waals surface area contributed by atoms with Crippen LogP contribution in [0.1, 0.15) is 28.4 Å². The van der Waals surface area contributed by atoms with Crippen LogP contribution in [0.25, 0.3) is 34.3 Å². The number of carbonyl (C=O) groups is 4. The van der Waals surface area contributed by atoms with Gasteiger partial charge in [-0.3, -0.25) is 14.9 Å². The Kier molecular flexibility index (Phi) is 8.50. The average Bonchev–Trinajstić information content (AvgIpc) is 3.45. The predicted octanol–water partition coefficient (Wildman–Crippen LogP) is 7.73. The van der Waals surface area contributed by atoms with Crippen molar-refractivity contribution in [1.29, 1.82) is 0 Å². The van der Waals surface area contributed by atoms with Gasteiger partial charge in [-0.05, 0) is 85.1 Å². The summed E-state index contributed by atoms with van der Waals surface area (Å²) in [6.07, 6.45) is 1.53. The number of hydrogen-bond acceptors (Lipinski definition) is 5. The van der Waals surface area contributed by atoms with Gasteiger partial charge < -0.3 is 9.30 Å². The Morgan fingerprint density at radius 3 is 2.09 bits per heavy atom. The van der Waals surface area contributed by atoms with Crippen molar-refractivity contribution in [2.45, 2.75) is 13.8 Å². The van der Waals surface area contributed by atoms with Gasteiger partial charge in [0.15, 0.2) is 0 Å². The third kappa shape index (κ3) is 5.80. The topological polar surface area (TPSA) is 97.7 Å². The number of rotatable bonds is 7. The largest absolute Gasteiger partial charge is 0.462 e. The molecule has 0 aliphatic carbocycles. The number of aromatic nitrogens is 1. The first kappa shape index (κ1) is 30.5. The smallest absolute Gasteiger partial charge is 0.338 e. The molecule has 4 aromatic carbocycles. The number of ether oxygens (including phenoxy) is 1. The normalized spacial score (nSPS) is 14.0. The van der Waals surface area contributed by atoms with Crippen LogP contribution in [0.2, 0.25) is 0 Å². The van der Waals surface area contributed by atoms with E-state index < -0.39 is 23.8 Å². The Hall–Kier alpha value is -5.54. The number of amides is 4. The van der Waals surface area contributed by atoms with Crippen LogP contribution in [0.4, 0.5) is 10.5 Å². The molecule has 0 atom stereocenters. The molecule has 0 unspecified atom stereocenters. The highest BCUT2D eigenvalue weighted by molar-refractivity contribution is 9.10. The standard InChI is InChI=1S/C37H28BrN3O5/c1-3-46-36(44)26-14-16-28(17-15-26)40-32(24-10-6-4-7-11-24)22-27(33(40)25-12-8-5-9-13-25)21-30-34(42)39-37(45)41(35(30)43)29-18-19-31(38)23(2)20-29/h4-22H,3H2,1-2H3,(H,39,42,45)/b30-21-. The summed E-state index contributed by atoms with van der Waals surface area (Å²) < 4.78 is 8.03. The van der Waals surface area contributed by atoms with Crippen molar-refractivity contribution < 1.29 is 23.9 Å². The Morgan fingerprint density at radius 1 is 0.826 bits per heavy atom. The van der Waals surface area contributed by atoms with Crippen LogP contribution >= 0.6 is 15.9 Å². The van der Waals surface area contributed by atoms with E-state index in [1.165, 1.54) is 6.08 Å². The number of aryl methyl sites for hydroxylation is 1. The lowest BCUT2D eigenvalue weighted by Gasteiger charge is -2.26. The molecular weight excluding hydrogens is 646 g/mol. The molecule has 1 aliphatic rings. The van der Waals surface area contributed by atoms with Gasteiger partial charge >= 0.3 is 12.0 Å². The minimum atomic E-state index is -0.818. The number of urea groups is 1. The highest BCUT2D eigenvalue weighted by atomic mass is 79.9. The molecule has 6 rings (SSSR count). The summed E-state index contributed by atoms with van der Waals surface area (Å²) >= 11 is 3.45. The first-order valence-electron chi connectivity index (χ1n) is 14.6. The zero-order valence-electron chi connectivity index (χ0n) is 25.0. The molecule has 0 spiro atoms. The summed E-state index contributed by atoms with van der Waals surface area (Å²) in [5.41, 5.74) is 5.93. The maximum absolute atomic E-state index is 13.9. The second kappa shape index (κ2) is 12.8. The maximum atomic E-state index is 13.9. The fraction of sp³-hybridized carbons (Fsp3) is 0.0811.